The fourth-order valence-corrected chi connectivity index (χ4v) is 3.66. The van der Waals surface area contributed by atoms with Crippen LogP contribution in [0, 0.1) is 0 Å². The Labute approximate surface area is 146 Å². The number of pyridine rings is 1. The molecule has 1 fully saturated rings. The maximum Gasteiger partial charge on any atom is 0.205 e. The lowest BCUT2D eigenvalue weighted by Gasteiger charge is -2.36. The smallest absolute Gasteiger partial charge is 0.205 e. The van der Waals surface area contributed by atoms with Crippen molar-refractivity contribution in [2.45, 2.75) is 44.0 Å². The molecule has 9 heteroatoms. The van der Waals surface area contributed by atoms with E-state index in [4.69, 9.17) is 4.74 Å². The number of anilines is 1. The van der Waals surface area contributed by atoms with Crippen LogP contribution < -0.4 is 4.90 Å². The quantitative estimate of drug-likeness (QED) is 0.781. The molecule has 2 rings (SSSR count). The van der Waals surface area contributed by atoms with Crippen molar-refractivity contribution in [3.63, 3.8) is 0 Å². The zero-order valence-electron chi connectivity index (χ0n) is 14.6. The van der Waals surface area contributed by atoms with Gasteiger partial charge >= 0.3 is 0 Å². The predicted molar refractivity (Wildman–Crippen MR) is 95.4 cm³/mol. The molecule has 0 bridgehead atoms. The second-order valence-electron chi connectivity index (χ2n) is 5.32. The van der Waals surface area contributed by atoms with E-state index in [9.17, 15) is 17.2 Å². The fraction of sp³-hybridized carbons (Fsp3) is 0.667. The van der Waals surface area contributed by atoms with Gasteiger partial charge in [-0.3, -0.25) is 0 Å². The fourth-order valence-electron chi connectivity index (χ4n) is 2.46. The monoisotopic (exact) mass is 378 g/mol. The van der Waals surface area contributed by atoms with E-state index < -0.39 is 20.9 Å². The van der Waals surface area contributed by atoms with Crippen molar-refractivity contribution >= 4 is 26.7 Å². The van der Waals surface area contributed by atoms with E-state index in [-0.39, 0.29) is 16.8 Å². The largest absolute Gasteiger partial charge is 0.377 e. The Morgan fingerprint density at radius 3 is 2.62 bits per heavy atom. The number of ether oxygens (including phenoxy) is 1. The summed E-state index contributed by atoms with van der Waals surface area (Å²) in [4.78, 5) is 6.22. The van der Waals surface area contributed by atoms with Crippen molar-refractivity contribution in [3.05, 3.63) is 17.7 Å². The van der Waals surface area contributed by atoms with Crippen LogP contribution in [0.1, 0.15) is 32.8 Å². The van der Waals surface area contributed by atoms with Crippen LogP contribution in [0.2, 0.25) is 0 Å². The summed E-state index contributed by atoms with van der Waals surface area (Å²) in [6.45, 7) is 7.75. The molecule has 1 aliphatic heterocycles. The molecule has 1 saturated heterocycles. The van der Waals surface area contributed by atoms with Crippen LogP contribution in [-0.2, 0) is 31.4 Å². The average Bonchev–Trinajstić information content (AvgIpc) is 2.54. The van der Waals surface area contributed by atoms with Gasteiger partial charge in [0.15, 0.2) is 14.9 Å². The van der Waals surface area contributed by atoms with Gasteiger partial charge in [0.25, 0.3) is 0 Å². The van der Waals surface area contributed by atoms with E-state index in [1.54, 1.807) is 6.07 Å². The molecular formula is C15H26N2O5S2. The molecule has 0 saturated carbocycles. The van der Waals surface area contributed by atoms with Gasteiger partial charge in [0.2, 0.25) is 11.1 Å². The lowest BCUT2D eigenvalue weighted by atomic mass is 10.1. The number of hydrogen-bond acceptors (Lipinski definition) is 6. The molecule has 0 aromatic carbocycles. The third kappa shape index (κ3) is 6.12. The number of hydrogen-bond donors (Lipinski definition) is 1. The topological polar surface area (TPSA) is 96.8 Å². The Bertz CT molecular complexity index is 664. The van der Waals surface area contributed by atoms with Gasteiger partial charge in [-0.05, 0) is 24.1 Å². The second-order valence-corrected chi connectivity index (χ2v) is 8.38. The molecule has 0 aliphatic carbocycles. The maximum absolute atomic E-state index is 11.5. The Morgan fingerprint density at radius 1 is 1.42 bits per heavy atom. The number of morpholine rings is 1. The third-order valence-corrected chi connectivity index (χ3v) is 4.87. The summed E-state index contributed by atoms with van der Waals surface area (Å²) in [5.74, 6) is 0.335. The summed E-state index contributed by atoms with van der Waals surface area (Å²) in [5, 5.41) is -0.0301. The van der Waals surface area contributed by atoms with E-state index in [0.29, 0.717) is 31.1 Å². The van der Waals surface area contributed by atoms with Gasteiger partial charge in [-0.2, -0.15) is 0 Å². The third-order valence-electron chi connectivity index (χ3n) is 3.45. The molecule has 2 heterocycles. The first-order valence-corrected chi connectivity index (χ1v) is 11.1. The standard InChI is InChI=1S/C13H20N2O5S2.C2H6/c1-3-11-8-20-5-4-15(11)12-6-10(9-22(2,18)19)7-13(14-12)21(16)17;1-2/h6-7,11H,3-5,8-9H2,1-2H3,(H,16,17);1-2H3/t11-;/m0./s1. The number of nitrogens with zero attached hydrogens (tertiary/aromatic N) is 2. The van der Waals surface area contributed by atoms with Crippen molar-refractivity contribution in [1.29, 1.82) is 0 Å². The molecule has 0 amide bonds. The Balaban J connectivity index is 0.00000139. The van der Waals surface area contributed by atoms with Gasteiger partial charge in [-0.15, -0.1) is 0 Å². The van der Waals surface area contributed by atoms with Gasteiger partial charge in [0.1, 0.15) is 5.82 Å². The van der Waals surface area contributed by atoms with E-state index in [0.717, 1.165) is 12.7 Å². The van der Waals surface area contributed by atoms with Crippen molar-refractivity contribution in [2.75, 3.05) is 30.9 Å². The zero-order valence-corrected chi connectivity index (χ0v) is 16.2. The van der Waals surface area contributed by atoms with Gasteiger partial charge in [0, 0.05) is 12.8 Å². The van der Waals surface area contributed by atoms with Crippen molar-refractivity contribution in [1.82, 2.24) is 4.98 Å². The lowest BCUT2D eigenvalue weighted by Crippen LogP contribution is -2.45. The molecular weight excluding hydrogens is 352 g/mol. The van der Waals surface area contributed by atoms with Crippen LogP contribution in [0.4, 0.5) is 5.82 Å². The first-order valence-electron chi connectivity index (χ1n) is 7.94. The van der Waals surface area contributed by atoms with Crippen LogP contribution in [0.25, 0.3) is 0 Å². The van der Waals surface area contributed by atoms with E-state index in [2.05, 4.69) is 4.98 Å². The predicted octanol–water partition coefficient (Wildman–Crippen LogP) is 1.85. The molecule has 138 valence electrons. The Morgan fingerprint density at radius 2 is 2.08 bits per heavy atom. The van der Waals surface area contributed by atoms with Crippen LogP contribution in [0.3, 0.4) is 0 Å². The molecule has 2 atom stereocenters. The summed E-state index contributed by atoms with van der Waals surface area (Å²) in [6.07, 6.45) is 1.97. The first kappa shape index (κ1) is 21.0. The molecule has 0 radical (unpaired) electrons. The average molecular weight is 379 g/mol. The van der Waals surface area contributed by atoms with Gasteiger partial charge in [-0.25, -0.2) is 17.6 Å². The number of rotatable bonds is 5. The SMILES string of the molecule is CC.CC[C@H]1COCCN1c1cc(CS(C)(=O)=O)cc(S(=O)O)n1. The van der Waals surface area contributed by atoms with E-state index in [1.165, 1.54) is 6.07 Å². The zero-order chi connectivity index (χ0) is 18.3. The lowest BCUT2D eigenvalue weighted by molar-refractivity contribution is 0.0925. The minimum absolute atomic E-state index is 0.0301. The van der Waals surface area contributed by atoms with Crippen molar-refractivity contribution in [2.24, 2.45) is 0 Å². The van der Waals surface area contributed by atoms with Crippen molar-refractivity contribution < 1.29 is 21.9 Å². The second kappa shape index (κ2) is 9.45. The summed E-state index contributed by atoms with van der Waals surface area (Å²) >= 11 is -2.26. The molecule has 0 spiro atoms. The van der Waals surface area contributed by atoms with Crippen molar-refractivity contribution in [3.8, 4) is 0 Å². The number of sulfone groups is 1. The molecule has 1 aromatic rings. The van der Waals surface area contributed by atoms with E-state index >= 15 is 0 Å². The van der Waals surface area contributed by atoms with Crippen LogP contribution in [-0.4, -0.2) is 54.2 Å². The minimum atomic E-state index is -3.24. The van der Waals surface area contributed by atoms with Crippen LogP contribution in [0.5, 0.6) is 0 Å². The summed E-state index contributed by atoms with van der Waals surface area (Å²) < 4.78 is 49.1. The molecule has 1 N–H and O–H groups in total. The molecule has 1 aromatic heterocycles. The molecule has 7 nitrogen and oxygen atoms in total. The summed E-state index contributed by atoms with van der Waals surface area (Å²) in [6, 6.07) is 3.16. The normalized spacial score (nSPS) is 19.4. The molecule has 24 heavy (non-hydrogen) atoms. The summed E-state index contributed by atoms with van der Waals surface area (Å²) in [5.41, 5.74) is 0.464. The maximum atomic E-state index is 11.5. The highest BCUT2D eigenvalue weighted by Crippen LogP contribution is 2.23. The highest BCUT2D eigenvalue weighted by molar-refractivity contribution is 7.89. The highest BCUT2D eigenvalue weighted by Gasteiger charge is 2.24. The van der Waals surface area contributed by atoms with Gasteiger partial charge in [-0.1, -0.05) is 20.8 Å². The van der Waals surface area contributed by atoms with Crippen LogP contribution in [0.15, 0.2) is 17.2 Å². The van der Waals surface area contributed by atoms with Gasteiger partial charge in [0.05, 0.1) is 25.0 Å². The van der Waals surface area contributed by atoms with Gasteiger partial charge < -0.3 is 14.2 Å². The Kier molecular flexibility index (Phi) is 8.28. The first-order chi connectivity index (χ1) is 11.3. The number of aromatic nitrogens is 1. The van der Waals surface area contributed by atoms with E-state index in [1.807, 2.05) is 25.7 Å². The molecule has 1 aliphatic rings. The van der Waals surface area contributed by atoms with Crippen LogP contribution >= 0.6 is 0 Å². The highest BCUT2D eigenvalue weighted by atomic mass is 32.2. The summed E-state index contributed by atoms with van der Waals surface area (Å²) in [7, 11) is -3.24. The molecule has 1 unspecified atom stereocenters. The minimum Gasteiger partial charge on any atom is -0.377 e. The Hall–Kier alpha value is -1.03.